The molecule has 0 atom stereocenters. The van der Waals surface area contributed by atoms with Gasteiger partial charge in [0.1, 0.15) is 0 Å². The Labute approximate surface area is 167 Å². The van der Waals surface area contributed by atoms with Crippen LogP contribution in [0.25, 0.3) is 5.69 Å². The van der Waals surface area contributed by atoms with E-state index in [0.29, 0.717) is 17.1 Å². The van der Waals surface area contributed by atoms with Crippen LogP contribution in [0.1, 0.15) is 34.7 Å². The third-order valence-electron chi connectivity index (χ3n) is 3.82. The number of aromatic nitrogens is 3. The van der Waals surface area contributed by atoms with Gasteiger partial charge in [0.2, 0.25) is 0 Å². The Balaban J connectivity index is 1.63. The van der Waals surface area contributed by atoms with E-state index in [9.17, 15) is 9.59 Å². The zero-order valence-electron chi connectivity index (χ0n) is 16.2. The minimum atomic E-state index is -0.591. The fraction of sp³-hybridized carbons (Fsp3) is 0.200. The molecule has 2 aromatic carbocycles. The Kier molecular flexibility index (Phi) is 6.08. The molecule has 1 aromatic heterocycles. The maximum absolute atomic E-state index is 12.3. The largest absolute Gasteiger partial charge is 0.493 e. The molecular formula is C20H21N5O4. The van der Waals surface area contributed by atoms with Crippen molar-refractivity contribution in [2.24, 2.45) is 0 Å². The van der Waals surface area contributed by atoms with Crippen LogP contribution >= 0.6 is 0 Å². The zero-order chi connectivity index (χ0) is 20.8. The molecule has 3 rings (SSSR count). The highest BCUT2D eigenvalue weighted by molar-refractivity contribution is 5.98. The number of hydrogen-bond donors (Lipinski definition) is 2. The van der Waals surface area contributed by atoms with Gasteiger partial charge in [-0.3, -0.25) is 20.4 Å². The molecule has 0 aliphatic heterocycles. The van der Waals surface area contributed by atoms with Crippen LogP contribution in [-0.4, -0.2) is 40.0 Å². The topological polar surface area (TPSA) is 107 Å². The highest BCUT2D eigenvalue weighted by Gasteiger charge is 2.15. The Morgan fingerprint density at radius 1 is 1.00 bits per heavy atom. The molecule has 0 aliphatic carbocycles. The molecule has 0 saturated carbocycles. The van der Waals surface area contributed by atoms with E-state index in [1.165, 1.54) is 24.1 Å². The number of para-hydroxylation sites is 1. The molecule has 0 unspecified atom stereocenters. The number of nitrogens with one attached hydrogen (secondary N) is 2. The summed E-state index contributed by atoms with van der Waals surface area (Å²) in [5.74, 6) is -0.153. The quantitative estimate of drug-likeness (QED) is 0.619. The van der Waals surface area contributed by atoms with E-state index in [2.05, 4.69) is 21.2 Å². The maximum Gasteiger partial charge on any atom is 0.291 e. The molecule has 9 nitrogen and oxygen atoms in total. The molecule has 0 aliphatic rings. The minimum absolute atomic E-state index is 0.0350. The number of benzene rings is 2. The van der Waals surface area contributed by atoms with Crippen LogP contribution in [0.15, 0.2) is 54.7 Å². The molecule has 1 heterocycles. The summed E-state index contributed by atoms with van der Waals surface area (Å²) in [4.78, 5) is 24.6. The van der Waals surface area contributed by atoms with Crippen LogP contribution in [-0.2, 0) is 0 Å². The number of nitrogens with zero attached hydrogens (tertiary/aromatic N) is 3. The first-order chi connectivity index (χ1) is 14.0. The predicted octanol–water partition coefficient (Wildman–Crippen LogP) is 2.14. The summed E-state index contributed by atoms with van der Waals surface area (Å²) in [6.45, 7) is 3.78. The second-order valence-corrected chi connectivity index (χ2v) is 6.32. The summed E-state index contributed by atoms with van der Waals surface area (Å²) in [6, 6.07) is 14.0. The lowest BCUT2D eigenvalue weighted by molar-refractivity contribution is 0.0843. The van der Waals surface area contributed by atoms with Crippen LogP contribution in [0.3, 0.4) is 0 Å². The monoisotopic (exact) mass is 395 g/mol. The SMILES string of the molecule is COc1cc(C(=O)NNC(=O)c2cn(-c3ccccc3)nn2)ccc1OC(C)C. The number of carbonyl (C=O) groups excluding carboxylic acids is 2. The molecule has 9 heteroatoms. The van der Waals surface area contributed by atoms with E-state index in [0.717, 1.165) is 5.69 Å². The van der Waals surface area contributed by atoms with Gasteiger partial charge < -0.3 is 9.47 Å². The first kappa shape index (κ1) is 19.9. The van der Waals surface area contributed by atoms with Crippen LogP contribution in [0.5, 0.6) is 11.5 Å². The number of amides is 2. The van der Waals surface area contributed by atoms with E-state index in [1.807, 2.05) is 44.2 Å². The third-order valence-corrected chi connectivity index (χ3v) is 3.82. The van der Waals surface area contributed by atoms with Gasteiger partial charge in [-0.2, -0.15) is 0 Å². The number of rotatable bonds is 6. The van der Waals surface area contributed by atoms with Gasteiger partial charge in [0, 0.05) is 5.56 Å². The van der Waals surface area contributed by atoms with Crippen LogP contribution in [0, 0.1) is 0 Å². The molecular weight excluding hydrogens is 374 g/mol. The molecule has 0 radical (unpaired) electrons. The van der Waals surface area contributed by atoms with E-state index < -0.39 is 11.8 Å². The van der Waals surface area contributed by atoms with Gasteiger partial charge in [0.15, 0.2) is 17.2 Å². The van der Waals surface area contributed by atoms with Crippen LogP contribution in [0.2, 0.25) is 0 Å². The highest BCUT2D eigenvalue weighted by atomic mass is 16.5. The summed E-state index contributed by atoms with van der Waals surface area (Å²) in [7, 11) is 1.49. The number of methoxy groups -OCH3 is 1. The van der Waals surface area contributed by atoms with E-state index in [4.69, 9.17) is 9.47 Å². The van der Waals surface area contributed by atoms with Crippen molar-refractivity contribution < 1.29 is 19.1 Å². The Morgan fingerprint density at radius 2 is 1.72 bits per heavy atom. The Bertz CT molecular complexity index is 1000. The van der Waals surface area contributed by atoms with Crippen molar-refractivity contribution >= 4 is 11.8 Å². The van der Waals surface area contributed by atoms with Gasteiger partial charge in [0.05, 0.1) is 25.1 Å². The number of carbonyl (C=O) groups is 2. The van der Waals surface area contributed by atoms with Gasteiger partial charge in [-0.25, -0.2) is 4.68 Å². The molecule has 2 N–H and O–H groups in total. The van der Waals surface area contributed by atoms with Crippen LogP contribution in [0.4, 0.5) is 0 Å². The van der Waals surface area contributed by atoms with Gasteiger partial charge in [-0.1, -0.05) is 23.4 Å². The number of hydrogen-bond acceptors (Lipinski definition) is 6. The van der Waals surface area contributed by atoms with Crippen molar-refractivity contribution in [2.45, 2.75) is 20.0 Å². The summed E-state index contributed by atoms with van der Waals surface area (Å²) in [5.41, 5.74) is 5.79. The summed E-state index contributed by atoms with van der Waals surface area (Å²) in [6.07, 6.45) is 1.44. The van der Waals surface area contributed by atoms with Gasteiger partial charge >= 0.3 is 0 Å². The average Bonchev–Trinajstić information content (AvgIpc) is 3.22. The van der Waals surface area contributed by atoms with Gasteiger partial charge in [-0.05, 0) is 44.2 Å². The first-order valence-corrected chi connectivity index (χ1v) is 8.91. The first-order valence-electron chi connectivity index (χ1n) is 8.91. The van der Waals surface area contributed by atoms with E-state index >= 15 is 0 Å². The molecule has 2 amide bonds. The van der Waals surface area contributed by atoms with Crippen molar-refractivity contribution in [1.29, 1.82) is 0 Å². The molecule has 0 bridgehead atoms. The number of ether oxygens (including phenoxy) is 2. The lowest BCUT2D eigenvalue weighted by atomic mass is 10.2. The second-order valence-electron chi connectivity index (χ2n) is 6.32. The summed E-state index contributed by atoms with van der Waals surface area (Å²) < 4.78 is 12.4. The number of hydrazine groups is 1. The van der Waals surface area contributed by atoms with Crippen molar-refractivity contribution in [3.05, 3.63) is 66.0 Å². The zero-order valence-corrected chi connectivity index (χ0v) is 16.2. The van der Waals surface area contributed by atoms with Crippen molar-refractivity contribution in [3.8, 4) is 17.2 Å². The van der Waals surface area contributed by atoms with Crippen molar-refractivity contribution in [2.75, 3.05) is 7.11 Å². The minimum Gasteiger partial charge on any atom is -0.493 e. The lowest BCUT2D eigenvalue weighted by Gasteiger charge is -2.14. The Hall–Kier alpha value is -3.88. The fourth-order valence-corrected chi connectivity index (χ4v) is 2.48. The molecule has 0 saturated heterocycles. The molecule has 3 aromatic rings. The Morgan fingerprint density at radius 3 is 2.41 bits per heavy atom. The molecule has 0 spiro atoms. The van der Waals surface area contributed by atoms with Crippen LogP contribution < -0.4 is 20.3 Å². The summed E-state index contributed by atoms with van der Waals surface area (Å²) >= 11 is 0. The third kappa shape index (κ3) is 4.89. The summed E-state index contributed by atoms with van der Waals surface area (Å²) in [5, 5.41) is 7.73. The van der Waals surface area contributed by atoms with Crippen molar-refractivity contribution in [3.63, 3.8) is 0 Å². The van der Waals surface area contributed by atoms with Gasteiger partial charge in [0.25, 0.3) is 11.8 Å². The standard InChI is InChI=1S/C20H21N5O4/c1-13(2)29-17-10-9-14(11-18(17)28-3)19(26)22-23-20(27)16-12-25(24-21-16)15-7-5-4-6-8-15/h4-13H,1-3H3,(H,22,26)(H,23,27). The highest BCUT2D eigenvalue weighted by Crippen LogP contribution is 2.28. The average molecular weight is 395 g/mol. The van der Waals surface area contributed by atoms with Gasteiger partial charge in [-0.15, -0.1) is 5.10 Å². The predicted molar refractivity (Wildman–Crippen MR) is 105 cm³/mol. The normalized spacial score (nSPS) is 10.5. The fourth-order valence-electron chi connectivity index (χ4n) is 2.48. The van der Waals surface area contributed by atoms with E-state index in [-0.39, 0.29) is 11.8 Å². The molecule has 29 heavy (non-hydrogen) atoms. The second kappa shape index (κ2) is 8.87. The molecule has 150 valence electrons. The molecule has 0 fully saturated rings. The van der Waals surface area contributed by atoms with Crippen molar-refractivity contribution in [1.82, 2.24) is 25.8 Å². The maximum atomic E-state index is 12.3. The smallest absolute Gasteiger partial charge is 0.291 e. The lowest BCUT2D eigenvalue weighted by Crippen LogP contribution is -2.41. The van der Waals surface area contributed by atoms with E-state index in [1.54, 1.807) is 12.1 Å².